The van der Waals surface area contributed by atoms with Crippen LogP contribution in [-0.4, -0.2) is 17.8 Å². The highest BCUT2D eigenvalue weighted by atomic mass is 16.5. The number of nitriles is 1. The van der Waals surface area contributed by atoms with E-state index in [2.05, 4.69) is 4.74 Å². The van der Waals surface area contributed by atoms with Gasteiger partial charge in [-0.3, -0.25) is 0 Å². The molecule has 3 heteroatoms. The van der Waals surface area contributed by atoms with Gasteiger partial charge in [0.25, 0.3) is 6.26 Å². The van der Waals surface area contributed by atoms with E-state index in [9.17, 15) is 0 Å². The lowest BCUT2D eigenvalue weighted by molar-refractivity contribution is 0.105. The van der Waals surface area contributed by atoms with Gasteiger partial charge in [-0.2, -0.15) is 5.26 Å². The van der Waals surface area contributed by atoms with Crippen molar-refractivity contribution in [2.45, 2.75) is 13.0 Å². The zero-order valence-electron chi connectivity index (χ0n) is 4.09. The van der Waals surface area contributed by atoms with E-state index in [1.807, 2.05) is 0 Å². The molecule has 0 aliphatic heterocycles. The third-order valence-corrected chi connectivity index (χ3v) is 0.389. The molecule has 1 unspecified atom stereocenters. The molecule has 0 saturated heterocycles. The lowest BCUT2D eigenvalue weighted by atomic mass is 10.5. The van der Waals surface area contributed by atoms with Crippen LogP contribution in [-0.2, 0) is 4.74 Å². The third kappa shape index (κ3) is 5.25. The molecule has 3 nitrogen and oxygen atoms in total. The first-order valence-corrected chi connectivity index (χ1v) is 1.96. The summed E-state index contributed by atoms with van der Waals surface area (Å²) >= 11 is 0. The largest absolute Gasteiger partial charge is 0.425 e. The molecule has 0 amide bonds. The van der Waals surface area contributed by atoms with Gasteiger partial charge in [0, 0.05) is 0 Å². The number of hydrogen-bond acceptors (Lipinski definition) is 3. The lowest BCUT2D eigenvalue weighted by Gasteiger charge is -1.96. The predicted octanol–water partition coefficient (Wildman–Crippen LogP) is -0.135. The van der Waals surface area contributed by atoms with Crippen LogP contribution < -0.4 is 0 Å². The molecule has 40 valence electrons. The second kappa shape index (κ2) is 3.44. The van der Waals surface area contributed by atoms with Crippen molar-refractivity contribution in [2.24, 2.45) is 0 Å². The summed E-state index contributed by atoms with van der Waals surface area (Å²) in [5.74, 6) is 0. The van der Waals surface area contributed by atoms with E-state index in [1.165, 1.54) is 6.26 Å². The number of nitrogens with zero attached hydrogens (tertiary/aromatic N) is 1. The van der Waals surface area contributed by atoms with Crippen LogP contribution in [0.1, 0.15) is 6.92 Å². The Kier molecular flexibility index (Phi) is 3.07. The summed E-state index contributed by atoms with van der Waals surface area (Å²) < 4.78 is 4.15. The monoisotopic (exact) mass is 101 g/mol. The van der Waals surface area contributed by atoms with Gasteiger partial charge in [0.15, 0.2) is 0 Å². The summed E-state index contributed by atoms with van der Waals surface area (Å²) in [4.78, 5) is 0. The van der Waals surface area contributed by atoms with E-state index >= 15 is 0 Å². The third-order valence-electron chi connectivity index (χ3n) is 0.389. The van der Waals surface area contributed by atoms with E-state index in [0.717, 1.165) is 0 Å². The van der Waals surface area contributed by atoms with Crippen molar-refractivity contribution in [1.82, 2.24) is 0 Å². The van der Waals surface area contributed by atoms with E-state index in [0.29, 0.717) is 0 Å². The fourth-order valence-electron chi connectivity index (χ4n) is 0.158. The van der Waals surface area contributed by atoms with Gasteiger partial charge < -0.3 is 9.84 Å². The molecule has 0 aromatic heterocycles. The fraction of sp³-hybridized carbons (Fsp3) is 0.750. The maximum absolute atomic E-state index is 8.41. The second-order valence-corrected chi connectivity index (χ2v) is 1.25. The summed E-state index contributed by atoms with van der Waals surface area (Å²) in [5, 5.41) is 16.1. The Hall–Kier alpha value is -0.750. The van der Waals surface area contributed by atoms with E-state index in [4.69, 9.17) is 10.4 Å². The molecule has 0 spiro atoms. The van der Waals surface area contributed by atoms with Crippen LogP contribution in [0.3, 0.4) is 0 Å². The molecular weight excluding hydrogens is 94.0 g/mol. The van der Waals surface area contributed by atoms with Crippen LogP contribution in [0.2, 0.25) is 0 Å². The number of aliphatic hydroxyl groups is 1. The molecule has 0 aromatic rings. The van der Waals surface area contributed by atoms with Crippen molar-refractivity contribution in [2.75, 3.05) is 6.61 Å². The zero-order valence-corrected chi connectivity index (χ0v) is 4.09. The first-order chi connectivity index (χ1) is 3.27. The maximum Gasteiger partial charge on any atom is 0.286 e. The molecule has 0 aliphatic carbocycles. The maximum atomic E-state index is 8.41. The number of aliphatic hydroxyl groups excluding tert-OH is 1. The quantitative estimate of drug-likeness (QED) is 0.493. The normalized spacial score (nSPS) is 12.1. The molecule has 0 fully saturated rings. The van der Waals surface area contributed by atoms with Crippen molar-refractivity contribution < 1.29 is 9.84 Å². The molecule has 0 rings (SSSR count). The SMILES string of the molecule is CC(O)COC#N. The van der Waals surface area contributed by atoms with Crippen LogP contribution in [0.25, 0.3) is 0 Å². The Morgan fingerprint density at radius 1 is 2.00 bits per heavy atom. The van der Waals surface area contributed by atoms with Gasteiger partial charge in [-0.25, -0.2) is 0 Å². The van der Waals surface area contributed by atoms with Gasteiger partial charge in [0.1, 0.15) is 6.61 Å². The Morgan fingerprint density at radius 3 is 2.71 bits per heavy atom. The van der Waals surface area contributed by atoms with Crippen LogP contribution in [0.4, 0.5) is 0 Å². The molecule has 0 radical (unpaired) electrons. The minimum Gasteiger partial charge on any atom is -0.425 e. The highest BCUT2D eigenvalue weighted by Gasteiger charge is 1.90. The van der Waals surface area contributed by atoms with Gasteiger partial charge >= 0.3 is 0 Å². The molecule has 7 heavy (non-hydrogen) atoms. The minimum atomic E-state index is -0.542. The molecule has 0 saturated carbocycles. The van der Waals surface area contributed by atoms with Gasteiger partial charge in [-0.1, -0.05) is 0 Å². The molecular formula is C4H7NO2. The summed E-state index contributed by atoms with van der Waals surface area (Å²) in [5.41, 5.74) is 0. The topological polar surface area (TPSA) is 53.2 Å². The van der Waals surface area contributed by atoms with Gasteiger partial charge in [-0.05, 0) is 6.92 Å². The number of ether oxygens (including phenoxy) is 1. The van der Waals surface area contributed by atoms with Gasteiger partial charge in [-0.15, -0.1) is 0 Å². The number of rotatable bonds is 2. The van der Waals surface area contributed by atoms with Crippen LogP contribution in [0.5, 0.6) is 0 Å². The van der Waals surface area contributed by atoms with Crippen LogP contribution in [0.15, 0.2) is 0 Å². The second-order valence-electron chi connectivity index (χ2n) is 1.25. The summed E-state index contributed by atoms with van der Waals surface area (Å²) in [6.45, 7) is 1.65. The zero-order chi connectivity index (χ0) is 5.70. The van der Waals surface area contributed by atoms with E-state index in [1.54, 1.807) is 6.92 Å². The van der Waals surface area contributed by atoms with Gasteiger partial charge in [0.05, 0.1) is 6.10 Å². The molecule has 0 heterocycles. The van der Waals surface area contributed by atoms with Crippen molar-refractivity contribution in [1.29, 1.82) is 5.26 Å². The Bertz CT molecular complexity index is 74.2. The van der Waals surface area contributed by atoms with Crippen molar-refractivity contribution in [3.63, 3.8) is 0 Å². The van der Waals surface area contributed by atoms with Crippen LogP contribution in [0, 0.1) is 11.5 Å². The smallest absolute Gasteiger partial charge is 0.286 e. The van der Waals surface area contributed by atoms with E-state index in [-0.39, 0.29) is 6.61 Å². The highest BCUT2D eigenvalue weighted by molar-refractivity contribution is 4.50. The van der Waals surface area contributed by atoms with E-state index < -0.39 is 6.10 Å². The lowest BCUT2D eigenvalue weighted by Crippen LogP contribution is -2.06. The van der Waals surface area contributed by atoms with Crippen molar-refractivity contribution >= 4 is 0 Å². The average Bonchev–Trinajstić information content (AvgIpc) is 1.61. The standard InChI is InChI=1S/C4H7NO2/c1-4(6)2-7-3-5/h4,6H,2H2,1H3. The summed E-state index contributed by atoms with van der Waals surface area (Å²) in [6.07, 6.45) is 0.897. The van der Waals surface area contributed by atoms with Crippen LogP contribution >= 0.6 is 0 Å². The number of hydrogen-bond donors (Lipinski definition) is 1. The molecule has 0 aromatic carbocycles. The molecule has 1 atom stereocenters. The first-order valence-electron chi connectivity index (χ1n) is 1.96. The Labute approximate surface area is 42.1 Å². The molecule has 0 bridgehead atoms. The first kappa shape index (κ1) is 6.25. The summed E-state index contributed by atoms with van der Waals surface area (Å²) in [6, 6.07) is 0. The Balaban J connectivity index is 2.86. The highest BCUT2D eigenvalue weighted by Crippen LogP contribution is 1.77. The average molecular weight is 101 g/mol. The minimum absolute atomic E-state index is 0.0938. The molecule has 1 N–H and O–H groups in total. The fourth-order valence-corrected chi connectivity index (χ4v) is 0.158. The van der Waals surface area contributed by atoms with Crippen molar-refractivity contribution in [3.8, 4) is 6.26 Å². The van der Waals surface area contributed by atoms with Crippen molar-refractivity contribution in [3.05, 3.63) is 0 Å². The summed E-state index contributed by atoms with van der Waals surface area (Å²) in [7, 11) is 0. The Morgan fingerprint density at radius 2 is 2.57 bits per heavy atom. The van der Waals surface area contributed by atoms with Gasteiger partial charge in [0.2, 0.25) is 0 Å². The predicted molar refractivity (Wildman–Crippen MR) is 23.2 cm³/mol. The molecule has 0 aliphatic rings.